The number of para-hydroxylation sites is 1. The van der Waals surface area contributed by atoms with Crippen LogP contribution in [0, 0.1) is 13.8 Å². The molecule has 4 rings (SSSR count). The predicted molar refractivity (Wildman–Crippen MR) is 107 cm³/mol. The molecule has 134 valence electrons. The zero-order valence-electron chi connectivity index (χ0n) is 15.7. The van der Waals surface area contributed by atoms with Gasteiger partial charge in [0.15, 0.2) is 0 Å². The van der Waals surface area contributed by atoms with E-state index in [2.05, 4.69) is 43.0 Å². The van der Waals surface area contributed by atoms with Gasteiger partial charge in [-0.25, -0.2) is 0 Å². The van der Waals surface area contributed by atoms with E-state index in [-0.39, 0.29) is 5.91 Å². The Morgan fingerprint density at radius 2 is 1.65 bits per heavy atom. The second-order valence-corrected chi connectivity index (χ2v) is 7.17. The smallest absolute Gasteiger partial charge is 0.256 e. The number of benzene rings is 2. The fourth-order valence-electron chi connectivity index (χ4n) is 3.91. The van der Waals surface area contributed by atoms with Crippen LogP contribution in [0.15, 0.2) is 48.7 Å². The Morgan fingerprint density at radius 3 is 2.42 bits per heavy atom. The quantitative estimate of drug-likeness (QED) is 0.706. The molecule has 2 aromatic carbocycles. The lowest BCUT2D eigenvalue weighted by Crippen LogP contribution is -2.49. The van der Waals surface area contributed by atoms with E-state index < -0.39 is 0 Å². The number of carbonyl (C=O) groups is 1. The van der Waals surface area contributed by atoms with Crippen LogP contribution in [0.1, 0.15) is 21.5 Å². The normalized spacial score (nSPS) is 14.9. The highest BCUT2D eigenvalue weighted by molar-refractivity contribution is 6.07. The number of hydrogen-bond donors (Lipinski definition) is 0. The molecule has 1 aliphatic rings. The molecule has 1 aromatic heterocycles. The van der Waals surface area contributed by atoms with Crippen molar-refractivity contribution in [1.82, 2.24) is 9.47 Å². The minimum atomic E-state index is 0.141. The van der Waals surface area contributed by atoms with Crippen LogP contribution >= 0.6 is 0 Å². The highest BCUT2D eigenvalue weighted by atomic mass is 16.2. The van der Waals surface area contributed by atoms with Crippen molar-refractivity contribution in [2.45, 2.75) is 13.8 Å². The van der Waals surface area contributed by atoms with E-state index in [4.69, 9.17) is 0 Å². The molecular formula is C22H25N3O. The molecule has 4 heteroatoms. The van der Waals surface area contributed by atoms with Crippen molar-refractivity contribution >= 4 is 22.5 Å². The molecule has 0 unspecified atom stereocenters. The van der Waals surface area contributed by atoms with Gasteiger partial charge in [-0.15, -0.1) is 0 Å². The summed E-state index contributed by atoms with van der Waals surface area (Å²) in [6.45, 7) is 7.60. The summed E-state index contributed by atoms with van der Waals surface area (Å²) in [5.41, 5.74) is 5.86. The molecule has 0 aliphatic carbocycles. The standard InChI is InChI=1S/C22H25N3O/c1-16-7-6-10-20(17(16)2)24-11-13-25(14-12-24)22(26)19-15-23(3)21-9-5-4-8-18(19)21/h4-10,15H,11-14H2,1-3H3. The summed E-state index contributed by atoms with van der Waals surface area (Å²) in [6, 6.07) is 14.6. The molecule has 0 spiro atoms. The monoisotopic (exact) mass is 347 g/mol. The molecule has 0 N–H and O–H groups in total. The number of anilines is 1. The largest absolute Gasteiger partial charge is 0.368 e. The van der Waals surface area contributed by atoms with Gasteiger partial charge >= 0.3 is 0 Å². The van der Waals surface area contributed by atoms with E-state index in [1.165, 1.54) is 16.8 Å². The third-order valence-electron chi connectivity index (χ3n) is 5.61. The number of amides is 1. The number of aromatic nitrogens is 1. The van der Waals surface area contributed by atoms with Gasteiger partial charge in [-0.05, 0) is 37.1 Å². The van der Waals surface area contributed by atoms with E-state index in [0.29, 0.717) is 0 Å². The van der Waals surface area contributed by atoms with Crippen molar-refractivity contribution in [2.75, 3.05) is 31.1 Å². The summed E-state index contributed by atoms with van der Waals surface area (Å²) in [6.07, 6.45) is 1.96. The molecule has 0 bridgehead atoms. The molecule has 0 saturated carbocycles. The second kappa shape index (κ2) is 6.52. The molecule has 1 aliphatic heterocycles. The maximum atomic E-state index is 13.1. The molecule has 3 aromatic rings. The first-order valence-electron chi connectivity index (χ1n) is 9.21. The van der Waals surface area contributed by atoms with Gasteiger partial charge in [-0.3, -0.25) is 4.79 Å². The first-order chi connectivity index (χ1) is 12.6. The lowest BCUT2D eigenvalue weighted by Gasteiger charge is -2.37. The lowest BCUT2D eigenvalue weighted by atomic mass is 10.1. The Balaban J connectivity index is 1.52. The van der Waals surface area contributed by atoms with Gasteiger partial charge in [0.25, 0.3) is 5.91 Å². The first-order valence-corrected chi connectivity index (χ1v) is 9.21. The molecular weight excluding hydrogens is 322 g/mol. The van der Waals surface area contributed by atoms with Gasteiger partial charge in [0.2, 0.25) is 0 Å². The number of carbonyl (C=O) groups excluding carboxylic acids is 1. The summed E-state index contributed by atoms with van der Waals surface area (Å²) >= 11 is 0. The van der Waals surface area contributed by atoms with Crippen LogP contribution in [0.25, 0.3) is 10.9 Å². The van der Waals surface area contributed by atoms with Crippen LogP contribution < -0.4 is 4.90 Å². The average Bonchev–Trinajstić information content (AvgIpc) is 3.01. The Morgan fingerprint density at radius 1 is 0.923 bits per heavy atom. The SMILES string of the molecule is Cc1cccc(N2CCN(C(=O)c3cn(C)c4ccccc34)CC2)c1C. The van der Waals surface area contributed by atoms with Crippen LogP contribution in [0.4, 0.5) is 5.69 Å². The van der Waals surface area contributed by atoms with Crippen LogP contribution in [-0.2, 0) is 7.05 Å². The zero-order valence-corrected chi connectivity index (χ0v) is 15.7. The second-order valence-electron chi connectivity index (χ2n) is 7.17. The van der Waals surface area contributed by atoms with Crippen LogP contribution in [0.2, 0.25) is 0 Å². The summed E-state index contributed by atoms with van der Waals surface area (Å²) in [4.78, 5) is 17.5. The third-order valence-corrected chi connectivity index (χ3v) is 5.61. The molecule has 1 amide bonds. The topological polar surface area (TPSA) is 28.5 Å². The van der Waals surface area contributed by atoms with Crippen molar-refractivity contribution in [3.63, 3.8) is 0 Å². The Hall–Kier alpha value is -2.75. The zero-order chi connectivity index (χ0) is 18.3. The number of nitrogens with zero attached hydrogens (tertiary/aromatic N) is 3. The van der Waals surface area contributed by atoms with Gasteiger partial charge in [-0.1, -0.05) is 30.3 Å². The molecule has 0 atom stereocenters. The summed E-state index contributed by atoms with van der Waals surface area (Å²) in [5, 5.41) is 1.04. The number of hydrogen-bond acceptors (Lipinski definition) is 2. The fourth-order valence-corrected chi connectivity index (χ4v) is 3.91. The van der Waals surface area contributed by atoms with Crippen molar-refractivity contribution < 1.29 is 4.79 Å². The molecule has 4 nitrogen and oxygen atoms in total. The van der Waals surface area contributed by atoms with Gasteiger partial charge in [0.1, 0.15) is 0 Å². The van der Waals surface area contributed by atoms with Crippen LogP contribution in [0.3, 0.4) is 0 Å². The number of aryl methyl sites for hydroxylation is 2. The van der Waals surface area contributed by atoms with Gasteiger partial charge in [-0.2, -0.15) is 0 Å². The molecule has 26 heavy (non-hydrogen) atoms. The maximum absolute atomic E-state index is 13.1. The average molecular weight is 347 g/mol. The van der Waals surface area contributed by atoms with Crippen molar-refractivity contribution in [1.29, 1.82) is 0 Å². The Labute approximate surface area is 154 Å². The van der Waals surface area contributed by atoms with E-state index in [0.717, 1.165) is 42.6 Å². The van der Waals surface area contributed by atoms with E-state index in [9.17, 15) is 4.79 Å². The van der Waals surface area contributed by atoms with Gasteiger partial charge in [0, 0.05) is 56.0 Å². The molecule has 1 saturated heterocycles. The van der Waals surface area contributed by atoms with Crippen LogP contribution in [0.5, 0.6) is 0 Å². The van der Waals surface area contributed by atoms with Crippen molar-refractivity contribution in [3.05, 3.63) is 65.4 Å². The van der Waals surface area contributed by atoms with Crippen molar-refractivity contribution in [2.24, 2.45) is 7.05 Å². The summed E-state index contributed by atoms with van der Waals surface area (Å²) in [5.74, 6) is 0.141. The Bertz CT molecular complexity index is 965. The number of rotatable bonds is 2. The Kier molecular flexibility index (Phi) is 4.19. The van der Waals surface area contributed by atoms with Crippen molar-refractivity contribution in [3.8, 4) is 0 Å². The van der Waals surface area contributed by atoms with Gasteiger partial charge in [0.05, 0.1) is 5.56 Å². The highest BCUT2D eigenvalue weighted by Crippen LogP contribution is 2.26. The van der Waals surface area contributed by atoms with E-state index in [1.807, 2.05) is 40.9 Å². The molecule has 0 radical (unpaired) electrons. The lowest BCUT2D eigenvalue weighted by molar-refractivity contribution is 0.0748. The minimum Gasteiger partial charge on any atom is -0.368 e. The number of piperazine rings is 1. The summed E-state index contributed by atoms with van der Waals surface area (Å²) < 4.78 is 2.04. The molecule has 1 fully saturated rings. The maximum Gasteiger partial charge on any atom is 0.256 e. The third kappa shape index (κ3) is 2.75. The first kappa shape index (κ1) is 16.7. The van der Waals surface area contributed by atoms with E-state index in [1.54, 1.807) is 0 Å². The fraction of sp³-hybridized carbons (Fsp3) is 0.318. The van der Waals surface area contributed by atoms with Gasteiger partial charge < -0.3 is 14.4 Å². The van der Waals surface area contributed by atoms with Crippen LogP contribution in [-0.4, -0.2) is 41.6 Å². The number of fused-ring (bicyclic) bond motifs is 1. The highest BCUT2D eigenvalue weighted by Gasteiger charge is 2.25. The summed E-state index contributed by atoms with van der Waals surface area (Å²) in [7, 11) is 2.00. The predicted octanol–water partition coefficient (Wildman–Crippen LogP) is 3.76. The van der Waals surface area contributed by atoms with E-state index >= 15 is 0 Å². The minimum absolute atomic E-state index is 0.141. The molecule has 2 heterocycles.